The Kier molecular flexibility index (Phi) is 2.91. The lowest BCUT2D eigenvalue weighted by molar-refractivity contribution is 0.280. The van der Waals surface area contributed by atoms with Crippen LogP contribution in [0.25, 0.3) is 0 Å². The molecule has 0 aliphatic heterocycles. The van der Waals surface area contributed by atoms with Crippen LogP contribution in [0.1, 0.15) is 12.8 Å². The summed E-state index contributed by atoms with van der Waals surface area (Å²) >= 11 is 5.18. The quantitative estimate of drug-likeness (QED) is 0.877. The van der Waals surface area contributed by atoms with Crippen LogP contribution in [0.2, 0.25) is 0 Å². The van der Waals surface area contributed by atoms with Crippen LogP contribution >= 0.6 is 27.3 Å². The summed E-state index contributed by atoms with van der Waals surface area (Å²) in [5, 5.41) is 4.66. The van der Waals surface area contributed by atoms with E-state index in [1.165, 1.54) is 21.6 Å². The highest BCUT2D eigenvalue weighted by Crippen LogP contribution is 2.29. The van der Waals surface area contributed by atoms with Crippen LogP contribution in [-0.4, -0.2) is 12.6 Å². The van der Waals surface area contributed by atoms with E-state index in [1.54, 1.807) is 11.3 Å². The predicted molar refractivity (Wildman–Crippen MR) is 61.2 cm³/mol. The van der Waals surface area contributed by atoms with Crippen molar-refractivity contribution >= 4 is 32.3 Å². The highest BCUT2D eigenvalue weighted by molar-refractivity contribution is 9.11. The first-order valence-electron chi connectivity index (χ1n) is 4.49. The molecule has 0 amide bonds. The predicted octanol–water partition coefficient (Wildman–Crippen LogP) is 2.66. The van der Waals surface area contributed by atoms with Gasteiger partial charge in [0.05, 0.1) is 8.79 Å². The minimum absolute atomic E-state index is 0.460. The zero-order valence-electron chi connectivity index (χ0n) is 7.29. The second kappa shape index (κ2) is 3.98. The molecule has 1 aliphatic carbocycles. The number of thiophene rings is 1. The topological polar surface area (TPSA) is 38.0 Å². The standard InChI is InChI=1S/C9H13BrN2S/c10-8-1-2-9(13-8)12-5-6-3-7(11)4-6/h1-2,6-7,12H,3-5,11H2. The zero-order valence-corrected chi connectivity index (χ0v) is 9.70. The molecular formula is C9H13BrN2S. The van der Waals surface area contributed by atoms with Gasteiger partial charge in [-0.3, -0.25) is 0 Å². The molecule has 0 aromatic carbocycles. The summed E-state index contributed by atoms with van der Waals surface area (Å²) in [7, 11) is 0. The van der Waals surface area contributed by atoms with Crippen molar-refractivity contribution in [1.29, 1.82) is 0 Å². The second-order valence-electron chi connectivity index (χ2n) is 3.58. The number of halogens is 1. The van der Waals surface area contributed by atoms with Gasteiger partial charge in [-0.25, -0.2) is 0 Å². The summed E-state index contributed by atoms with van der Waals surface area (Å²) in [5.41, 5.74) is 5.71. The molecule has 0 bridgehead atoms. The molecule has 2 rings (SSSR count). The van der Waals surface area contributed by atoms with Gasteiger partial charge < -0.3 is 11.1 Å². The maximum atomic E-state index is 5.71. The Morgan fingerprint density at radius 3 is 2.85 bits per heavy atom. The van der Waals surface area contributed by atoms with Crippen molar-refractivity contribution < 1.29 is 0 Å². The van der Waals surface area contributed by atoms with Crippen LogP contribution in [0.3, 0.4) is 0 Å². The molecule has 1 aromatic rings. The van der Waals surface area contributed by atoms with E-state index < -0.39 is 0 Å². The normalized spacial score (nSPS) is 26.9. The fourth-order valence-electron chi connectivity index (χ4n) is 1.61. The van der Waals surface area contributed by atoms with Crippen molar-refractivity contribution in [3.8, 4) is 0 Å². The van der Waals surface area contributed by atoms with Gasteiger partial charge in [-0.1, -0.05) is 0 Å². The lowest BCUT2D eigenvalue weighted by Crippen LogP contribution is -2.39. The second-order valence-corrected chi connectivity index (χ2v) is 6.05. The first-order valence-corrected chi connectivity index (χ1v) is 6.10. The summed E-state index contributed by atoms with van der Waals surface area (Å²) in [6.07, 6.45) is 2.36. The number of rotatable bonds is 3. The maximum absolute atomic E-state index is 5.71. The molecule has 72 valence electrons. The van der Waals surface area contributed by atoms with Crippen molar-refractivity contribution in [3.63, 3.8) is 0 Å². The molecule has 3 N–H and O–H groups in total. The van der Waals surface area contributed by atoms with Crippen molar-refractivity contribution in [1.82, 2.24) is 0 Å². The average molecular weight is 261 g/mol. The molecule has 2 nitrogen and oxygen atoms in total. The molecule has 1 heterocycles. The number of hydrogen-bond donors (Lipinski definition) is 2. The summed E-state index contributed by atoms with van der Waals surface area (Å²) in [5.74, 6) is 0.788. The highest BCUT2D eigenvalue weighted by Gasteiger charge is 2.25. The highest BCUT2D eigenvalue weighted by atomic mass is 79.9. The number of anilines is 1. The molecule has 0 unspecified atom stereocenters. The van der Waals surface area contributed by atoms with Gasteiger partial charge in [-0.15, -0.1) is 11.3 Å². The van der Waals surface area contributed by atoms with E-state index in [9.17, 15) is 0 Å². The van der Waals surface area contributed by atoms with Gasteiger partial charge in [-0.05, 0) is 46.8 Å². The lowest BCUT2D eigenvalue weighted by Gasteiger charge is -2.32. The van der Waals surface area contributed by atoms with E-state index in [4.69, 9.17) is 5.73 Å². The lowest BCUT2D eigenvalue weighted by atomic mass is 9.81. The van der Waals surface area contributed by atoms with Crippen LogP contribution in [-0.2, 0) is 0 Å². The summed E-state index contributed by atoms with van der Waals surface area (Å²) < 4.78 is 1.18. The molecule has 0 radical (unpaired) electrons. The minimum atomic E-state index is 0.460. The summed E-state index contributed by atoms with van der Waals surface area (Å²) in [6, 6.07) is 4.63. The Morgan fingerprint density at radius 2 is 2.31 bits per heavy atom. The molecule has 0 saturated heterocycles. The van der Waals surface area contributed by atoms with E-state index in [1.807, 2.05) is 0 Å². The van der Waals surface area contributed by atoms with Gasteiger partial charge >= 0.3 is 0 Å². The van der Waals surface area contributed by atoms with Gasteiger partial charge in [-0.2, -0.15) is 0 Å². The Bertz CT molecular complexity index is 281. The van der Waals surface area contributed by atoms with Crippen molar-refractivity contribution in [2.24, 2.45) is 11.7 Å². The van der Waals surface area contributed by atoms with Gasteiger partial charge in [0.2, 0.25) is 0 Å². The minimum Gasteiger partial charge on any atom is -0.377 e. The Balaban J connectivity index is 1.74. The molecule has 1 saturated carbocycles. The summed E-state index contributed by atoms with van der Waals surface area (Å²) in [6.45, 7) is 1.07. The zero-order chi connectivity index (χ0) is 9.26. The van der Waals surface area contributed by atoms with E-state index in [0.717, 1.165) is 12.5 Å². The van der Waals surface area contributed by atoms with E-state index in [0.29, 0.717) is 6.04 Å². The van der Waals surface area contributed by atoms with Crippen molar-refractivity contribution in [3.05, 3.63) is 15.9 Å². The third-order valence-corrected chi connectivity index (χ3v) is 3.99. The number of nitrogens with two attached hydrogens (primary N) is 1. The van der Waals surface area contributed by atoms with E-state index in [-0.39, 0.29) is 0 Å². The largest absolute Gasteiger partial charge is 0.377 e. The molecule has 13 heavy (non-hydrogen) atoms. The van der Waals surface area contributed by atoms with Gasteiger partial charge in [0.1, 0.15) is 0 Å². The third kappa shape index (κ3) is 2.45. The van der Waals surface area contributed by atoms with E-state index >= 15 is 0 Å². The van der Waals surface area contributed by atoms with Crippen molar-refractivity contribution in [2.45, 2.75) is 18.9 Å². The number of hydrogen-bond acceptors (Lipinski definition) is 3. The third-order valence-electron chi connectivity index (χ3n) is 2.41. The Labute approximate surface area is 90.6 Å². The first kappa shape index (κ1) is 9.49. The number of nitrogens with one attached hydrogen (secondary N) is 1. The van der Waals surface area contributed by atoms with Gasteiger partial charge in [0, 0.05) is 12.6 Å². The summed E-state index contributed by atoms with van der Waals surface area (Å²) in [4.78, 5) is 0. The molecule has 1 aliphatic rings. The molecule has 1 aromatic heterocycles. The van der Waals surface area contributed by atoms with Gasteiger partial charge in [0.15, 0.2) is 0 Å². The molecular weight excluding hydrogens is 248 g/mol. The van der Waals surface area contributed by atoms with Crippen LogP contribution in [0.5, 0.6) is 0 Å². The van der Waals surface area contributed by atoms with E-state index in [2.05, 4.69) is 33.4 Å². The van der Waals surface area contributed by atoms with Crippen LogP contribution < -0.4 is 11.1 Å². The fourth-order valence-corrected chi connectivity index (χ4v) is 2.90. The van der Waals surface area contributed by atoms with Crippen molar-refractivity contribution in [2.75, 3.05) is 11.9 Å². The Morgan fingerprint density at radius 1 is 1.54 bits per heavy atom. The van der Waals surface area contributed by atoms with Gasteiger partial charge in [0.25, 0.3) is 0 Å². The molecule has 4 heteroatoms. The smallest absolute Gasteiger partial charge is 0.0894 e. The fraction of sp³-hybridized carbons (Fsp3) is 0.556. The maximum Gasteiger partial charge on any atom is 0.0894 e. The van der Waals surface area contributed by atoms with Crippen LogP contribution in [0, 0.1) is 5.92 Å². The van der Waals surface area contributed by atoms with Crippen LogP contribution in [0.15, 0.2) is 15.9 Å². The average Bonchev–Trinajstić information content (AvgIpc) is 2.43. The molecule has 0 spiro atoms. The Hall–Kier alpha value is -0.0600. The molecule has 1 fully saturated rings. The molecule has 0 atom stereocenters. The monoisotopic (exact) mass is 260 g/mol. The van der Waals surface area contributed by atoms with Crippen LogP contribution in [0.4, 0.5) is 5.00 Å². The first-order chi connectivity index (χ1) is 6.24. The SMILES string of the molecule is NC1CC(CNc2ccc(Br)s2)C1.